The lowest BCUT2D eigenvalue weighted by molar-refractivity contribution is 0.652. The Labute approximate surface area is 339 Å². The molecule has 4 heteroatoms. The van der Waals surface area contributed by atoms with Crippen LogP contribution in [0.1, 0.15) is 49.9 Å². The van der Waals surface area contributed by atoms with Gasteiger partial charge in [0.25, 0.3) is 0 Å². The minimum Gasteiger partial charge on any atom is -0.310 e. The summed E-state index contributed by atoms with van der Waals surface area (Å²) >= 11 is 0. The van der Waals surface area contributed by atoms with Crippen LogP contribution >= 0.6 is 0 Å². The molecule has 0 radical (unpaired) electrons. The molecule has 0 fully saturated rings. The van der Waals surface area contributed by atoms with E-state index in [1.54, 1.807) is 0 Å². The predicted octanol–water partition coefficient (Wildman–Crippen LogP) is 14.3. The van der Waals surface area contributed by atoms with Gasteiger partial charge in [-0.2, -0.15) is 0 Å². The van der Waals surface area contributed by atoms with Crippen molar-refractivity contribution in [1.29, 1.82) is 0 Å². The molecule has 58 heavy (non-hydrogen) atoms. The Hall–Kier alpha value is -7.04. The maximum Gasteiger partial charge on any atom is 0.0723 e. The van der Waals surface area contributed by atoms with Crippen LogP contribution in [-0.4, -0.2) is 9.97 Å². The van der Waals surface area contributed by atoms with E-state index in [-0.39, 0.29) is 10.8 Å². The second kappa shape index (κ2) is 12.7. The summed E-state index contributed by atoms with van der Waals surface area (Å²) in [7, 11) is 0. The van der Waals surface area contributed by atoms with Crippen LogP contribution in [-0.2, 0) is 10.8 Å². The van der Waals surface area contributed by atoms with Crippen molar-refractivity contribution in [2.45, 2.75) is 38.5 Å². The van der Waals surface area contributed by atoms with Gasteiger partial charge in [-0.3, -0.25) is 9.97 Å². The van der Waals surface area contributed by atoms with Gasteiger partial charge in [0.1, 0.15) is 0 Å². The molecule has 0 aliphatic heterocycles. The molecule has 0 spiro atoms. The summed E-state index contributed by atoms with van der Waals surface area (Å²) in [5.41, 5.74) is 19.0. The van der Waals surface area contributed by atoms with E-state index in [2.05, 4.69) is 207 Å². The zero-order valence-corrected chi connectivity index (χ0v) is 33.1. The van der Waals surface area contributed by atoms with Gasteiger partial charge in [0, 0.05) is 56.7 Å². The molecule has 4 nitrogen and oxygen atoms in total. The van der Waals surface area contributed by atoms with Crippen LogP contribution in [0, 0.1) is 0 Å². The highest BCUT2D eigenvalue weighted by Gasteiger charge is 2.42. The van der Waals surface area contributed by atoms with Crippen LogP contribution in [0.2, 0.25) is 0 Å². The molecule has 9 aromatic rings. The van der Waals surface area contributed by atoms with Crippen LogP contribution in [0.3, 0.4) is 0 Å². The zero-order chi connectivity index (χ0) is 39.2. The summed E-state index contributed by atoms with van der Waals surface area (Å²) < 4.78 is 0. The molecule has 0 unspecified atom stereocenters. The molecule has 0 bridgehead atoms. The molecule has 11 rings (SSSR count). The first-order valence-corrected chi connectivity index (χ1v) is 20.2. The summed E-state index contributed by atoms with van der Waals surface area (Å²) in [5.74, 6) is 0. The minimum atomic E-state index is -0.211. The summed E-state index contributed by atoms with van der Waals surface area (Å²) in [6.45, 7) is 9.57. The third-order valence-electron chi connectivity index (χ3n) is 12.7. The number of benzene rings is 7. The van der Waals surface area contributed by atoms with Gasteiger partial charge < -0.3 is 9.80 Å². The van der Waals surface area contributed by atoms with E-state index in [1.807, 2.05) is 12.4 Å². The number of hydrogen-bond donors (Lipinski definition) is 0. The SMILES string of the molecule is CC1(C)c2cc(N(c3ccccc3)c3ccnc4ccccc34)ccc2-c2cc3c(cc21)-c1ccc(N(c2ccccc2)c2ccnc4ccccc24)cc1C3(C)C. The van der Waals surface area contributed by atoms with Gasteiger partial charge in [0.2, 0.25) is 0 Å². The second-order valence-electron chi connectivity index (χ2n) is 16.7. The topological polar surface area (TPSA) is 32.3 Å². The second-order valence-corrected chi connectivity index (χ2v) is 16.7. The van der Waals surface area contributed by atoms with E-state index in [1.165, 1.54) is 44.5 Å². The van der Waals surface area contributed by atoms with E-state index >= 15 is 0 Å². The van der Waals surface area contributed by atoms with E-state index in [4.69, 9.17) is 9.97 Å². The van der Waals surface area contributed by atoms with Crippen molar-refractivity contribution in [3.63, 3.8) is 0 Å². The van der Waals surface area contributed by atoms with Crippen molar-refractivity contribution in [1.82, 2.24) is 9.97 Å². The smallest absolute Gasteiger partial charge is 0.0723 e. The first-order chi connectivity index (χ1) is 28.3. The first-order valence-electron chi connectivity index (χ1n) is 20.2. The van der Waals surface area contributed by atoms with Crippen molar-refractivity contribution in [2.24, 2.45) is 0 Å². The molecule has 2 aliphatic carbocycles. The molecule has 2 aromatic heterocycles. The number of nitrogens with zero attached hydrogens (tertiary/aromatic N) is 4. The maximum absolute atomic E-state index is 4.70. The molecule has 2 aliphatic rings. The van der Waals surface area contributed by atoms with Gasteiger partial charge in [-0.15, -0.1) is 0 Å². The van der Waals surface area contributed by atoms with Crippen molar-refractivity contribution in [2.75, 3.05) is 9.80 Å². The highest BCUT2D eigenvalue weighted by Crippen LogP contribution is 2.57. The van der Waals surface area contributed by atoms with Gasteiger partial charge in [0.15, 0.2) is 0 Å². The average molecular weight is 747 g/mol. The summed E-state index contributed by atoms with van der Waals surface area (Å²) in [6.07, 6.45) is 3.84. The van der Waals surface area contributed by atoms with Crippen molar-refractivity contribution < 1.29 is 0 Å². The van der Waals surface area contributed by atoms with Gasteiger partial charge in [-0.25, -0.2) is 0 Å². The Balaban J connectivity index is 1.03. The summed E-state index contributed by atoms with van der Waals surface area (Å²) in [4.78, 5) is 14.2. The predicted molar refractivity (Wildman–Crippen MR) is 242 cm³/mol. The third kappa shape index (κ3) is 5.08. The standard InChI is InChI=1S/C54H42N4/c1-53(2)45-31-37(57(35-15-7-5-8-16-35)51-27-29-55-49-21-13-11-19-41(49)51)23-25-39(45)43-34-48-44(33-47(43)53)40-26-24-38(32-46(40)54(48,3)4)58(36-17-9-6-10-18-36)52-28-30-56-50-22-14-12-20-42(50)52/h5-34H,1-4H3. The first kappa shape index (κ1) is 34.2. The van der Waals surface area contributed by atoms with Crippen LogP contribution in [0.4, 0.5) is 34.1 Å². The van der Waals surface area contributed by atoms with Crippen LogP contribution in [0.25, 0.3) is 44.1 Å². The maximum atomic E-state index is 4.70. The molecule has 0 saturated heterocycles. The number of anilines is 6. The molecule has 2 heterocycles. The van der Waals surface area contributed by atoms with Gasteiger partial charge in [-0.05, 0) is 129 Å². The highest BCUT2D eigenvalue weighted by atomic mass is 15.2. The van der Waals surface area contributed by atoms with Crippen molar-refractivity contribution in [3.05, 3.63) is 205 Å². The average Bonchev–Trinajstić information content (AvgIpc) is 3.62. The minimum absolute atomic E-state index is 0.211. The number of fused-ring (bicyclic) bond motifs is 8. The number of pyridine rings is 2. The van der Waals surface area contributed by atoms with Crippen LogP contribution in [0.5, 0.6) is 0 Å². The van der Waals surface area contributed by atoms with Crippen molar-refractivity contribution in [3.8, 4) is 22.3 Å². The number of rotatable bonds is 6. The molecule has 0 N–H and O–H groups in total. The van der Waals surface area contributed by atoms with Crippen LogP contribution in [0.15, 0.2) is 182 Å². The lowest BCUT2D eigenvalue weighted by Crippen LogP contribution is -2.18. The largest absolute Gasteiger partial charge is 0.310 e. The third-order valence-corrected chi connectivity index (χ3v) is 12.7. The van der Waals surface area contributed by atoms with E-state index < -0.39 is 0 Å². The quantitative estimate of drug-likeness (QED) is 0.170. The van der Waals surface area contributed by atoms with E-state index in [0.717, 1.165) is 55.9 Å². The van der Waals surface area contributed by atoms with Gasteiger partial charge in [-0.1, -0.05) is 113 Å². The normalized spacial score (nSPS) is 14.1. The molecule has 0 amide bonds. The van der Waals surface area contributed by atoms with Gasteiger partial charge >= 0.3 is 0 Å². The van der Waals surface area contributed by atoms with Gasteiger partial charge in [0.05, 0.1) is 22.4 Å². The summed E-state index contributed by atoms with van der Waals surface area (Å²) in [5, 5.41) is 2.25. The Morgan fingerprint density at radius 2 is 0.724 bits per heavy atom. The van der Waals surface area contributed by atoms with E-state index in [0.29, 0.717) is 0 Å². The molecule has 7 aromatic carbocycles. The lowest BCUT2D eigenvalue weighted by atomic mass is 9.79. The molecule has 0 saturated carbocycles. The molecular formula is C54H42N4. The summed E-state index contributed by atoms with van der Waals surface area (Å²) in [6, 6.07) is 61.7. The molecular weight excluding hydrogens is 705 g/mol. The lowest BCUT2D eigenvalue weighted by Gasteiger charge is -2.29. The molecule has 278 valence electrons. The van der Waals surface area contributed by atoms with E-state index in [9.17, 15) is 0 Å². The number of aromatic nitrogens is 2. The highest BCUT2D eigenvalue weighted by molar-refractivity contribution is 5.99. The Kier molecular flexibility index (Phi) is 7.52. The number of para-hydroxylation sites is 4. The Bertz CT molecular complexity index is 2850. The fourth-order valence-electron chi connectivity index (χ4n) is 9.78. The van der Waals surface area contributed by atoms with Crippen molar-refractivity contribution >= 4 is 55.9 Å². The number of hydrogen-bond acceptors (Lipinski definition) is 4. The Morgan fingerprint density at radius 1 is 0.345 bits per heavy atom. The fraction of sp³-hybridized carbons (Fsp3) is 0.111. The Morgan fingerprint density at radius 3 is 1.16 bits per heavy atom. The monoisotopic (exact) mass is 746 g/mol. The zero-order valence-electron chi connectivity index (χ0n) is 33.1. The molecule has 0 atom stereocenters. The fourth-order valence-corrected chi connectivity index (χ4v) is 9.78. The van der Waals surface area contributed by atoms with Crippen LogP contribution < -0.4 is 9.80 Å².